The van der Waals surface area contributed by atoms with E-state index in [-0.39, 0.29) is 18.4 Å². The summed E-state index contributed by atoms with van der Waals surface area (Å²) in [7, 11) is 0. The predicted molar refractivity (Wildman–Crippen MR) is 94.1 cm³/mol. The summed E-state index contributed by atoms with van der Waals surface area (Å²) >= 11 is 5.89. The molecular weight excluding hydrogens is 314 g/mol. The Morgan fingerprint density at radius 1 is 1.04 bits per heavy atom. The van der Waals surface area contributed by atoms with Crippen molar-refractivity contribution in [1.82, 2.24) is 0 Å². The molecular formula is C17H18ClN3O2. The van der Waals surface area contributed by atoms with Crippen LogP contribution in [0.3, 0.4) is 0 Å². The van der Waals surface area contributed by atoms with E-state index < -0.39 is 0 Å². The van der Waals surface area contributed by atoms with Crippen molar-refractivity contribution < 1.29 is 9.59 Å². The minimum atomic E-state index is -0.166. The lowest BCUT2D eigenvalue weighted by molar-refractivity contribution is -0.115. The van der Waals surface area contributed by atoms with Crippen molar-refractivity contribution in [3.8, 4) is 0 Å². The van der Waals surface area contributed by atoms with Crippen LogP contribution in [0.15, 0.2) is 42.5 Å². The third kappa shape index (κ3) is 5.30. The van der Waals surface area contributed by atoms with Gasteiger partial charge in [0.25, 0.3) is 0 Å². The van der Waals surface area contributed by atoms with Crippen LogP contribution < -0.4 is 16.0 Å². The molecule has 0 saturated heterocycles. The smallest absolute Gasteiger partial charge is 0.243 e. The maximum Gasteiger partial charge on any atom is 0.243 e. The predicted octanol–water partition coefficient (Wildman–Crippen LogP) is 3.66. The molecule has 0 aliphatic heterocycles. The van der Waals surface area contributed by atoms with Gasteiger partial charge >= 0.3 is 0 Å². The Hall–Kier alpha value is -2.53. The number of rotatable bonds is 5. The lowest BCUT2D eigenvalue weighted by atomic mass is 10.2. The van der Waals surface area contributed by atoms with E-state index in [2.05, 4.69) is 16.0 Å². The number of halogens is 1. The average Bonchev–Trinajstić information content (AvgIpc) is 2.48. The maximum atomic E-state index is 12.0. The van der Waals surface area contributed by atoms with Crippen molar-refractivity contribution in [3.05, 3.63) is 53.1 Å². The van der Waals surface area contributed by atoms with Gasteiger partial charge < -0.3 is 16.0 Å². The van der Waals surface area contributed by atoms with E-state index >= 15 is 0 Å². The lowest BCUT2D eigenvalue weighted by Crippen LogP contribution is -2.22. The second-order valence-corrected chi connectivity index (χ2v) is 5.56. The van der Waals surface area contributed by atoms with Crippen molar-refractivity contribution in [1.29, 1.82) is 0 Å². The van der Waals surface area contributed by atoms with Gasteiger partial charge in [0.05, 0.1) is 6.54 Å². The fraction of sp³-hybridized carbons (Fsp3) is 0.176. The summed E-state index contributed by atoms with van der Waals surface area (Å²) in [6.45, 7) is 3.44. The van der Waals surface area contributed by atoms with E-state index in [9.17, 15) is 9.59 Å². The average molecular weight is 332 g/mol. The molecule has 0 heterocycles. The maximum absolute atomic E-state index is 12.0. The highest BCUT2D eigenvalue weighted by Gasteiger charge is 2.05. The molecule has 0 bridgehead atoms. The number of carbonyl (C=O) groups excluding carboxylic acids is 2. The third-order valence-electron chi connectivity index (χ3n) is 3.10. The Balaban J connectivity index is 1.92. The molecule has 23 heavy (non-hydrogen) atoms. The van der Waals surface area contributed by atoms with E-state index in [0.29, 0.717) is 10.7 Å². The number of carbonyl (C=O) groups is 2. The zero-order valence-corrected chi connectivity index (χ0v) is 13.7. The van der Waals surface area contributed by atoms with Crippen LogP contribution in [-0.2, 0) is 9.59 Å². The lowest BCUT2D eigenvalue weighted by Gasteiger charge is -2.11. The van der Waals surface area contributed by atoms with Crippen LogP contribution in [0.4, 0.5) is 17.1 Å². The van der Waals surface area contributed by atoms with Gasteiger partial charge in [-0.2, -0.15) is 0 Å². The topological polar surface area (TPSA) is 70.2 Å². The summed E-state index contributed by atoms with van der Waals surface area (Å²) in [6.07, 6.45) is 0. The van der Waals surface area contributed by atoms with Crippen LogP contribution in [0, 0.1) is 6.92 Å². The summed E-state index contributed by atoms with van der Waals surface area (Å²) in [5.74, 6) is -0.307. The standard InChI is InChI=1S/C17H18ClN3O2/c1-11-8-13(18)6-7-16(11)21-17(23)10-19-14-4-3-5-15(9-14)20-12(2)22/h3-9,19H,10H2,1-2H3,(H,20,22)(H,21,23). The van der Waals surface area contributed by atoms with Gasteiger partial charge in [-0.25, -0.2) is 0 Å². The van der Waals surface area contributed by atoms with Crippen molar-refractivity contribution in [2.24, 2.45) is 0 Å². The van der Waals surface area contributed by atoms with E-state index in [1.807, 2.05) is 13.0 Å². The number of anilines is 3. The van der Waals surface area contributed by atoms with E-state index in [0.717, 1.165) is 16.9 Å². The Morgan fingerprint density at radius 3 is 2.48 bits per heavy atom. The molecule has 0 aliphatic carbocycles. The third-order valence-corrected chi connectivity index (χ3v) is 3.33. The molecule has 0 aromatic heterocycles. The van der Waals surface area contributed by atoms with Gasteiger partial charge in [0.15, 0.2) is 0 Å². The molecule has 3 N–H and O–H groups in total. The van der Waals surface area contributed by atoms with Gasteiger partial charge in [-0.15, -0.1) is 0 Å². The van der Waals surface area contributed by atoms with Gasteiger partial charge in [0.1, 0.15) is 0 Å². The van der Waals surface area contributed by atoms with Crippen LogP contribution in [-0.4, -0.2) is 18.4 Å². The molecule has 5 nitrogen and oxygen atoms in total. The Morgan fingerprint density at radius 2 is 1.78 bits per heavy atom. The molecule has 0 spiro atoms. The Bertz CT molecular complexity index is 732. The van der Waals surface area contributed by atoms with Gasteiger partial charge in [-0.05, 0) is 48.9 Å². The van der Waals surface area contributed by atoms with Crippen molar-refractivity contribution >= 4 is 40.5 Å². The van der Waals surface area contributed by atoms with E-state index in [1.165, 1.54) is 6.92 Å². The molecule has 120 valence electrons. The molecule has 0 unspecified atom stereocenters. The molecule has 2 aromatic carbocycles. The van der Waals surface area contributed by atoms with Gasteiger partial charge in [0.2, 0.25) is 11.8 Å². The zero-order chi connectivity index (χ0) is 16.8. The highest BCUT2D eigenvalue weighted by molar-refractivity contribution is 6.30. The van der Waals surface area contributed by atoms with Crippen LogP contribution in [0.25, 0.3) is 0 Å². The van der Waals surface area contributed by atoms with Crippen LogP contribution >= 0.6 is 11.6 Å². The SMILES string of the molecule is CC(=O)Nc1cccc(NCC(=O)Nc2ccc(Cl)cc2C)c1. The fourth-order valence-corrected chi connectivity index (χ4v) is 2.28. The normalized spacial score (nSPS) is 10.0. The van der Waals surface area contributed by atoms with Gasteiger partial charge in [0, 0.05) is 29.0 Å². The first-order valence-electron chi connectivity index (χ1n) is 7.11. The zero-order valence-electron chi connectivity index (χ0n) is 12.9. The molecule has 0 radical (unpaired) electrons. The number of benzene rings is 2. The fourth-order valence-electron chi connectivity index (χ4n) is 2.05. The summed E-state index contributed by atoms with van der Waals surface area (Å²) in [6, 6.07) is 12.5. The molecule has 0 aliphatic rings. The molecule has 2 amide bonds. The number of hydrogen-bond acceptors (Lipinski definition) is 3. The van der Waals surface area contributed by atoms with E-state index in [4.69, 9.17) is 11.6 Å². The molecule has 0 fully saturated rings. The Labute approximate surface area is 140 Å². The first kappa shape index (κ1) is 16.8. The summed E-state index contributed by atoms with van der Waals surface area (Å²) in [5, 5.41) is 9.17. The molecule has 6 heteroatoms. The summed E-state index contributed by atoms with van der Waals surface area (Å²) < 4.78 is 0. The quantitative estimate of drug-likeness (QED) is 0.783. The van der Waals surface area contributed by atoms with Crippen molar-refractivity contribution in [2.75, 3.05) is 22.5 Å². The minimum absolute atomic E-state index is 0.117. The molecule has 0 saturated carbocycles. The summed E-state index contributed by atoms with van der Waals surface area (Å²) in [4.78, 5) is 23.1. The highest BCUT2D eigenvalue weighted by Crippen LogP contribution is 2.19. The Kier molecular flexibility index (Phi) is 5.60. The number of hydrogen-bond donors (Lipinski definition) is 3. The molecule has 0 atom stereocenters. The number of nitrogens with one attached hydrogen (secondary N) is 3. The number of amides is 2. The van der Waals surface area contributed by atoms with E-state index in [1.54, 1.807) is 36.4 Å². The first-order chi connectivity index (χ1) is 10.9. The van der Waals surface area contributed by atoms with Crippen LogP contribution in [0.5, 0.6) is 0 Å². The monoisotopic (exact) mass is 331 g/mol. The highest BCUT2D eigenvalue weighted by atomic mass is 35.5. The minimum Gasteiger partial charge on any atom is -0.376 e. The molecule has 2 rings (SSSR count). The van der Waals surface area contributed by atoms with Crippen LogP contribution in [0.1, 0.15) is 12.5 Å². The largest absolute Gasteiger partial charge is 0.376 e. The van der Waals surface area contributed by atoms with Crippen molar-refractivity contribution in [2.45, 2.75) is 13.8 Å². The van der Waals surface area contributed by atoms with Gasteiger partial charge in [-0.1, -0.05) is 17.7 Å². The number of aryl methyl sites for hydroxylation is 1. The van der Waals surface area contributed by atoms with Gasteiger partial charge in [-0.3, -0.25) is 9.59 Å². The van der Waals surface area contributed by atoms with Crippen LogP contribution in [0.2, 0.25) is 5.02 Å². The van der Waals surface area contributed by atoms with Crippen molar-refractivity contribution in [3.63, 3.8) is 0 Å². The summed E-state index contributed by atoms with van der Waals surface area (Å²) in [5.41, 5.74) is 3.06. The first-order valence-corrected chi connectivity index (χ1v) is 7.49. The second-order valence-electron chi connectivity index (χ2n) is 5.12. The second kappa shape index (κ2) is 7.65. The molecule has 2 aromatic rings.